The third-order valence-corrected chi connectivity index (χ3v) is 3.34. The van der Waals surface area contributed by atoms with Crippen LogP contribution in [0.3, 0.4) is 0 Å². The number of pyridine rings is 1. The van der Waals surface area contributed by atoms with Gasteiger partial charge in [0.2, 0.25) is 0 Å². The van der Waals surface area contributed by atoms with Gasteiger partial charge in [-0.1, -0.05) is 6.07 Å². The van der Waals surface area contributed by atoms with Gasteiger partial charge in [0.1, 0.15) is 5.69 Å². The molecule has 86 valence electrons. The van der Waals surface area contributed by atoms with E-state index in [1.807, 2.05) is 13.1 Å². The van der Waals surface area contributed by atoms with E-state index in [1.165, 1.54) is 5.56 Å². The van der Waals surface area contributed by atoms with E-state index >= 15 is 0 Å². The lowest BCUT2D eigenvalue weighted by Gasteiger charge is -2.09. The van der Waals surface area contributed by atoms with Crippen molar-refractivity contribution in [3.05, 3.63) is 47.8 Å². The molecule has 0 aromatic carbocycles. The maximum absolute atomic E-state index is 12.4. The third-order valence-electron chi connectivity index (χ3n) is 3.34. The SMILES string of the molecule is Cn1cncc1C(=O)C1CCc2cccnc21. The fourth-order valence-electron chi connectivity index (χ4n) is 2.44. The number of hydrogen-bond acceptors (Lipinski definition) is 3. The van der Waals surface area contributed by atoms with Crippen LogP contribution in [0.2, 0.25) is 0 Å². The summed E-state index contributed by atoms with van der Waals surface area (Å²) in [6, 6.07) is 3.98. The molecule has 1 aliphatic rings. The zero-order valence-corrected chi connectivity index (χ0v) is 9.63. The van der Waals surface area contributed by atoms with Gasteiger partial charge in [-0.15, -0.1) is 0 Å². The summed E-state index contributed by atoms with van der Waals surface area (Å²) in [4.78, 5) is 20.7. The van der Waals surface area contributed by atoms with Crippen molar-refractivity contribution in [1.82, 2.24) is 14.5 Å². The summed E-state index contributed by atoms with van der Waals surface area (Å²) in [5.74, 6) is 0.0315. The Balaban J connectivity index is 1.98. The lowest BCUT2D eigenvalue weighted by molar-refractivity contribution is 0.0950. The average Bonchev–Trinajstić information content (AvgIpc) is 2.94. The van der Waals surface area contributed by atoms with Gasteiger partial charge in [-0.2, -0.15) is 0 Å². The van der Waals surface area contributed by atoms with Crippen molar-refractivity contribution >= 4 is 5.78 Å². The molecule has 0 bridgehead atoms. The van der Waals surface area contributed by atoms with E-state index in [9.17, 15) is 4.79 Å². The molecule has 3 rings (SSSR count). The van der Waals surface area contributed by atoms with Crippen LogP contribution in [0.15, 0.2) is 30.9 Å². The van der Waals surface area contributed by atoms with Gasteiger partial charge >= 0.3 is 0 Å². The molecule has 0 saturated heterocycles. The zero-order chi connectivity index (χ0) is 11.8. The number of Topliss-reactive ketones (excluding diaryl/α,β-unsaturated/α-hetero) is 1. The van der Waals surface area contributed by atoms with E-state index in [1.54, 1.807) is 23.3 Å². The third kappa shape index (κ3) is 1.56. The molecule has 2 aromatic heterocycles. The summed E-state index contributed by atoms with van der Waals surface area (Å²) in [5, 5.41) is 0. The highest BCUT2D eigenvalue weighted by atomic mass is 16.1. The van der Waals surface area contributed by atoms with Crippen molar-refractivity contribution < 1.29 is 4.79 Å². The fourth-order valence-corrected chi connectivity index (χ4v) is 2.44. The van der Waals surface area contributed by atoms with E-state index in [4.69, 9.17) is 0 Å². The molecule has 0 amide bonds. The second-order valence-electron chi connectivity index (χ2n) is 4.39. The number of nitrogens with zero attached hydrogens (tertiary/aromatic N) is 3. The summed E-state index contributed by atoms with van der Waals surface area (Å²) in [7, 11) is 1.84. The van der Waals surface area contributed by atoms with Crippen LogP contribution in [0.5, 0.6) is 0 Å². The largest absolute Gasteiger partial charge is 0.331 e. The normalized spacial score (nSPS) is 18.1. The Morgan fingerprint density at radius 3 is 3.18 bits per heavy atom. The molecule has 1 atom stereocenters. The number of aryl methyl sites for hydroxylation is 2. The van der Waals surface area contributed by atoms with Gasteiger partial charge in [-0.3, -0.25) is 9.78 Å². The van der Waals surface area contributed by atoms with E-state index in [-0.39, 0.29) is 11.7 Å². The molecule has 0 N–H and O–H groups in total. The topological polar surface area (TPSA) is 47.8 Å². The highest BCUT2D eigenvalue weighted by Crippen LogP contribution is 2.33. The number of fused-ring (bicyclic) bond motifs is 1. The van der Waals surface area contributed by atoms with Crippen LogP contribution in [0.1, 0.15) is 34.1 Å². The van der Waals surface area contributed by atoms with Crippen LogP contribution in [0.4, 0.5) is 0 Å². The van der Waals surface area contributed by atoms with Gasteiger partial charge in [0.05, 0.1) is 24.1 Å². The molecule has 0 aliphatic heterocycles. The quantitative estimate of drug-likeness (QED) is 0.734. The fraction of sp³-hybridized carbons (Fsp3) is 0.308. The smallest absolute Gasteiger partial charge is 0.189 e. The van der Waals surface area contributed by atoms with Crippen LogP contribution in [-0.2, 0) is 13.5 Å². The van der Waals surface area contributed by atoms with E-state index in [0.717, 1.165) is 18.5 Å². The van der Waals surface area contributed by atoms with Gasteiger partial charge in [0.15, 0.2) is 5.78 Å². The van der Waals surface area contributed by atoms with Crippen molar-refractivity contribution in [2.75, 3.05) is 0 Å². The molecule has 1 aliphatic carbocycles. The molecule has 0 spiro atoms. The second-order valence-corrected chi connectivity index (χ2v) is 4.39. The Morgan fingerprint density at radius 1 is 1.53 bits per heavy atom. The lowest BCUT2D eigenvalue weighted by Crippen LogP contribution is -2.14. The molecule has 4 nitrogen and oxygen atoms in total. The number of aromatic nitrogens is 3. The Kier molecular flexibility index (Phi) is 2.28. The molecule has 0 radical (unpaired) electrons. The first-order valence-corrected chi connectivity index (χ1v) is 5.71. The number of carbonyl (C=O) groups excluding carboxylic acids is 1. The summed E-state index contributed by atoms with van der Waals surface area (Å²) in [5.41, 5.74) is 2.81. The molecule has 0 saturated carbocycles. The van der Waals surface area contributed by atoms with Crippen LogP contribution < -0.4 is 0 Å². The van der Waals surface area contributed by atoms with Crippen molar-refractivity contribution in [1.29, 1.82) is 0 Å². The monoisotopic (exact) mass is 227 g/mol. The van der Waals surface area contributed by atoms with E-state index < -0.39 is 0 Å². The maximum atomic E-state index is 12.4. The minimum absolute atomic E-state index is 0.0957. The second kappa shape index (κ2) is 3.80. The first-order chi connectivity index (χ1) is 8.27. The number of hydrogen-bond donors (Lipinski definition) is 0. The van der Waals surface area contributed by atoms with Crippen LogP contribution >= 0.6 is 0 Å². The first-order valence-electron chi connectivity index (χ1n) is 5.71. The van der Waals surface area contributed by atoms with Crippen molar-refractivity contribution in [3.63, 3.8) is 0 Å². The molecule has 2 aromatic rings. The van der Waals surface area contributed by atoms with Gasteiger partial charge in [0.25, 0.3) is 0 Å². The Labute approximate surface area is 99.3 Å². The maximum Gasteiger partial charge on any atom is 0.189 e. The lowest BCUT2D eigenvalue weighted by atomic mass is 9.99. The van der Waals surface area contributed by atoms with Crippen molar-refractivity contribution in [3.8, 4) is 0 Å². The Hall–Kier alpha value is -1.97. The Bertz CT molecular complexity index is 574. The highest BCUT2D eigenvalue weighted by molar-refractivity contribution is 5.99. The highest BCUT2D eigenvalue weighted by Gasteiger charge is 2.31. The number of ketones is 1. The molecule has 2 heterocycles. The molecular weight excluding hydrogens is 214 g/mol. The van der Waals surface area contributed by atoms with E-state index in [2.05, 4.69) is 16.0 Å². The van der Waals surface area contributed by atoms with E-state index in [0.29, 0.717) is 5.69 Å². The number of carbonyl (C=O) groups is 1. The summed E-state index contributed by atoms with van der Waals surface area (Å²) < 4.78 is 1.77. The number of rotatable bonds is 2. The van der Waals surface area contributed by atoms with Crippen LogP contribution in [0, 0.1) is 0 Å². The summed E-state index contributed by atoms with van der Waals surface area (Å²) >= 11 is 0. The van der Waals surface area contributed by atoms with Crippen LogP contribution in [0.25, 0.3) is 0 Å². The first kappa shape index (κ1) is 10.2. The van der Waals surface area contributed by atoms with Gasteiger partial charge < -0.3 is 4.57 Å². The van der Waals surface area contributed by atoms with Crippen molar-refractivity contribution in [2.45, 2.75) is 18.8 Å². The Morgan fingerprint density at radius 2 is 2.41 bits per heavy atom. The average molecular weight is 227 g/mol. The molecule has 17 heavy (non-hydrogen) atoms. The minimum atomic E-state index is -0.0957. The minimum Gasteiger partial charge on any atom is -0.331 e. The summed E-state index contributed by atoms with van der Waals surface area (Å²) in [6.07, 6.45) is 6.84. The van der Waals surface area contributed by atoms with Gasteiger partial charge in [0, 0.05) is 13.2 Å². The van der Waals surface area contributed by atoms with Crippen LogP contribution in [-0.4, -0.2) is 20.3 Å². The zero-order valence-electron chi connectivity index (χ0n) is 9.63. The predicted molar refractivity (Wildman–Crippen MR) is 62.8 cm³/mol. The van der Waals surface area contributed by atoms with Crippen molar-refractivity contribution in [2.24, 2.45) is 7.05 Å². The molecule has 1 unspecified atom stereocenters. The van der Waals surface area contributed by atoms with Gasteiger partial charge in [-0.05, 0) is 24.5 Å². The molecule has 0 fully saturated rings. The molecule has 4 heteroatoms. The predicted octanol–water partition coefficient (Wildman–Crippen LogP) is 1.73. The number of imidazole rings is 1. The molecular formula is C13H13N3O. The van der Waals surface area contributed by atoms with Gasteiger partial charge in [-0.25, -0.2) is 4.98 Å². The standard InChI is InChI=1S/C13H13N3O/c1-16-8-14-7-11(16)13(17)10-5-4-9-3-2-6-15-12(9)10/h2-3,6-8,10H,4-5H2,1H3. The summed E-state index contributed by atoms with van der Waals surface area (Å²) in [6.45, 7) is 0.